The van der Waals surface area contributed by atoms with Crippen molar-refractivity contribution in [2.45, 2.75) is 32.2 Å². The van der Waals surface area contributed by atoms with Crippen molar-refractivity contribution < 1.29 is 11.0 Å². The molecule has 1 aliphatic carbocycles. The minimum Gasteiger partial charge on any atom is -0.456 e. The van der Waals surface area contributed by atoms with Crippen LogP contribution in [-0.4, -0.2) is 20.9 Å². The number of nitrogens with zero attached hydrogens (tertiary/aromatic N) is 3. The molecule has 0 bridgehead atoms. The lowest BCUT2D eigenvalue weighted by atomic mass is 10.1. The van der Waals surface area contributed by atoms with Crippen molar-refractivity contribution in [3.8, 4) is 22.6 Å². The maximum atomic E-state index is 12.9. The summed E-state index contributed by atoms with van der Waals surface area (Å²) in [7, 11) is 0. The highest BCUT2D eigenvalue weighted by Crippen LogP contribution is 2.38. The molecule has 0 atom stereocenters. The van der Waals surface area contributed by atoms with Gasteiger partial charge in [0, 0.05) is 54.6 Å². The molecule has 6 nitrogen and oxygen atoms in total. The van der Waals surface area contributed by atoms with Crippen LogP contribution in [0.4, 0.5) is 0 Å². The largest absolute Gasteiger partial charge is 0.456 e. The molecule has 2 heterocycles. The van der Waals surface area contributed by atoms with E-state index < -0.39 is 0 Å². The molecule has 1 aliphatic rings. The normalized spacial score (nSPS) is 12.9. The van der Waals surface area contributed by atoms with Crippen molar-refractivity contribution in [1.82, 2.24) is 20.3 Å². The minimum absolute atomic E-state index is 0. The predicted octanol–water partition coefficient (Wildman–Crippen LogP) is 6.85. The Morgan fingerprint density at radius 2 is 1.73 bits per heavy atom. The topological polar surface area (TPSA) is 77.0 Å². The van der Waals surface area contributed by atoms with Crippen LogP contribution in [0.15, 0.2) is 91.4 Å². The molecule has 6 rings (SSSR count). The lowest BCUT2D eigenvalue weighted by Crippen LogP contribution is -2.23. The minimum atomic E-state index is -0.133. The maximum absolute atomic E-state index is 12.9. The molecule has 0 unspecified atom stereocenters. The third-order valence-corrected chi connectivity index (χ3v) is 6.69. The van der Waals surface area contributed by atoms with Crippen LogP contribution < -0.4 is 10.1 Å². The lowest BCUT2D eigenvalue weighted by molar-refractivity contribution is 0.0950. The predicted molar refractivity (Wildman–Crippen MR) is 146 cm³/mol. The van der Waals surface area contributed by atoms with Crippen molar-refractivity contribution in [2.24, 2.45) is 0 Å². The summed E-state index contributed by atoms with van der Waals surface area (Å²) >= 11 is 0. The Balaban J connectivity index is 0.00000294. The number of amides is 1. The number of carbonyl (C=O) groups excluding carboxylic acids is 1. The average molecular weight is 489 g/mol. The molecule has 0 radical (unpaired) electrons. The Hall–Kier alpha value is -4.58. The zero-order valence-corrected chi connectivity index (χ0v) is 20.5. The third-order valence-electron chi connectivity index (χ3n) is 6.69. The van der Waals surface area contributed by atoms with Crippen LogP contribution in [-0.2, 0) is 6.54 Å². The van der Waals surface area contributed by atoms with Gasteiger partial charge in [-0.25, -0.2) is 9.97 Å². The molecule has 2 aromatic heterocycles. The first-order valence-corrected chi connectivity index (χ1v) is 12.5. The number of nitrogens with one attached hydrogen (secondary N) is 1. The van der Waals surface area contributed by atoms with Crippen molar-refractivity contribution in [2.75, 3.05) is 0 Å². The molecule has 0 saturated heterocycles. The highest BCUT2D eigenvalue weighted by molar-refractivity contribution is 5.96. The van der Waals surface area contributed by atoms with E-state index in [0.29, 0.717) is 29.5 Å². The quantitative estimate of drug-likeness (QED) is 0.271. The zero-order chi connectivity index (χ0) is 25.2. The van der Waals surface area contributed by atoms with E-state index in [9.17, 15) is 4.79 Å². The third kappa shape index (κ3) is 4.91. The number of benzene rings is 3. The number of hydrogen-bond donors (Lipinski definition) is 1. The standard InChI is InChI=1S/C31H26N4O2.H2/c1-20-25(31(36)35-17-21-6-3-2-4-7-21)8-5-9-28(20)37-29-14-15-32-27-16-23(12-13-26(27)29)24-18-33-30(34-19-24)22-10-11-22;/h2-9,12-16,18-19,22H,10-11,17H2,1H3,(H,35,36);1H. The van der Waals surface area contributed by atoms with Crippen LogP contribution >= 0.6 is 0 Å². The van der Waals surface area contributed by atoms with E-state index in [-0.39, 0.29) is 7.33 Å². The average Bonchev–Trinajstić information content (AvgIpc) is 3.79. The first kappa shape index (κ1) is 22.9. The molecule has 184 valence electrons. The van der Waals surface area contributed by atoms with Gasteiger partial charge in [0.05, 0.1) is 5.52 Å². The van der Waals surface area contributed by atoms with Gasteiger partial charge < -0.3 is 10.1 Å². The fraction of sp³-hybridized carbons (Fsp3) is 0.161. The maximum Gasteiger partial charge on any atom is 0.251 e. The second-order valence-electron chi connectivity index (χ2n) is 9.34. The molecular formula is C31H28N4O2. The molecule has 1 saturated carbocycles. The summed E-state index contributed by atoms with van der Waals surface area (Å²) in [6.07, 6.45) is 7.88. The monoisotopic (exact) mass is 488 g/mol. The molecule has 6 heteroatoms. The first-order valence-electron chi connectivity index (χ1n) is 12.5. The Bertz CT molecular complexity index is 1590. The first-order chi connectivity index (χ1) is 18.2. The number of pyridine rings is 1. The fourth-order valence-corrected chi connectivity index (χ4v) is 4.39. The van der Waals surface area contributed by atoms with Crippen LogP contribution in [0.5, 0.6) is 11.5 Å². The number of aromatic nitrogens is 3. The van der Waals surface area contributed by atoms with Crippen LogP contribution in [0, 0.1) is 6.92 Å². The van der Waals surface area contributed by atoms with E-state index in [1.54, 1.807) is 6.20 Å². The summed E-state index contributed by atoms with van der Waals surface area (Å²) in [6, 6.07) is 23.3. The highest BCUT2D eigenvalue weighted by Gasteiger charge is 2.26. The Morgan fingerprint density at radius 3 is 2.51 bits per heavy atom. The number of rotatable bonds is 7. The van der Waals surface area contributed by atoms with Crippen LogP contribution in [0.3, 0.4) is 0 Å². The van der Waals surface area contributed by atoms with Gasteiger partial charge in [-0.2, -0.15) is 0 Å². The van der Waals surface area contributed by atoms with Gasteiger partial charge in [0.1, 0.15) is 17.3 Å². The SMILES string of the molecule is Cc1c(Oc2ccnc3cc(-c4cnc(C5CC5)nc4)ccc23)cccc1C(=O)NCc1ccccc1.[HH]. The second-order valence-corrected chi connectivity index (χ2v) is 9.34. The highest BCUT2D eigenvalue weighted by atomic mass is 16.5. The molecule has 1 N–H and O–H groups in total. The van der Waals surface area contributed by atoms with Gasteiger partial charge in [-0.15, -0.1) is 0 Å². The molecular weight excluding hydrogens is 460 g/mol. The van der Waals surface area contributed by atoms with Crippen LogP contribution in [0.1, 0.15) is 47.5 Å². The van der Waals surface area contributed by atoms with Gasteiger partial charge in [0.2, 0.25) is 0 Å². The summed E-state index contributed by atoms with van der Waals surface area (Å²) in [4.78, 5) is 26.6. The van der Waals surface area contributed by atoms with Crippen molar-refractivity contribution in [3.63, 3.8) is 0 Å². The molecule has 1 amide bonds. The summed E-state index contributed by atoms with van der Waals surface area (Å²) in [5.41, 5.74) is 5.20. The number of fused-ring (bicyclic) bond motifs is 1. The van der Waals surface area contributed by atoms with Gasteiger partial charge in [-0.05, 0) is 61.2 Å². The fourth-order valence-electron chi connectivity index (χ4n) is 4.39. The van der Waals surface area contributed by atoms with E-state index in [1.165, 1.54) is 12.8 Å². The van der Waals surface area contributed by atoms with Crippen molar-refractivity contribution >= 4 is 16.8 Å². The second kappa shape index (κ2) is 9.82. The van der Waals surface area contributed by atoms with E-state index in [1.807, 2.05) is 92.1 Å². The van der Waals surface area contributed by atoms with Crippen molar-refractivity contribution in [1.29, 1.82) is 0 Å². The number of carbonyl (C=O) groups is 1. The van der Waals surface area contributed by atoms with Gasteiger partial charge in [-0.1, -0.05) is 42.5 Å². The van der Waals surface area contributed by atoms with E-state index >= 15 is 0 Å². The Kier molecular flexibility index (Phi) is 6.06. The summed E-state index contributed by atoms with van der Waals surface area (Å²) in [5, 5.41) is 3.89. The lowest BCUT2D eigenvalue weighted by Gasteiger charge is -2.14. The van der Waals surface area contributed by atoms with Gasteiger partial charge in [-0.3, -0.25) is 9.78 Å². The smallest absolute Gasteiger partial charge is 0.251 e. The van der Waals surface area contributed by atoms with Gasteiger partial charge in [0.25, 0.3) is 5.91 Å². The Morgan fingerprint density at radius 1 is 0.919 bits per heavy atom. The zero-order valence-electron chi connectivity index (χ0n) is 20.5. The van der Waals surface area contributed by atoms with E-state index in [0.717, 1.165) is 39.0 Å². The van der Waals surface area contributed by atoms with E-state index in [4.69, 9.17) is 4.74 Å². The van der Waals surface area contributed by atoms with Crippen LogP contribution in [0.25, 0.3) is 22.0 Å². The molecule has 3 aromatic carbocycles. The molecule has 5 aromatic rings. The number of ether oxygens (including phenoxy) is 1. The van der Waals surface area contributed by atoms with E-state index in [2.05, 4.69) is 20.3 Å². The van der Waals surface area contributed by atoms with Crippen molar-refractivity contribution in [3.05, 3.63) is 114 Å². The summed E-state index contributed by atoms with van der Waals surface area (Å²) < 4.78 is 6.33. The molecule has 1 fully saturated rings. The Labute approximate surface area is 216 Å². The number of hydrogen-bond acceptors (Lipinski definition) is 5. The van der Waals surface area contributed by atoms with Crippen LogP contribution in [0.2, 0.25) is 0 Å². The molecule has 37 heavy (non-hydrogen) atoms. The van der Waals surface area contributed by atoms with Gasteiger partial charge >= 0.3 is 0 Å². The summed E-state index contributed by atoms with van der Waals surface area (Å²) in [6.45, 7) is 2.37. The molecule has 0 spiro atoms. The summed E-state index contributed by atoms with van der Waals surface area (Å²) in [5.74, 6) is 2.65. The van der Waals surface area contributed by atoms with Gasteiger partial charge in [0.15, 0.2) is 0 Å². The molecule has 0 aliphatic heterocycles.